The molecular weight excluding hydrogens is 411 g/mol. The molecule has 0 spiro atoms. The minimum absolute atomic E-state index is 0. The minimum atomic E-state index is -0.0473. The Hall–Kier alpha value is -0.130. The van der Waals surface area contributed by atoms with E-state index in [1.165, 1.54) is 31.5 Å². The highest BCUT2D eigenvalue weighted by Crippen LogP contribution is 2.39. The predicted molar refractivity (Wildman–Crippen MR) is 113 cm³/mol. The molecule has 3 nitrogen and oxygen atoms in total. The van der Waals surface area contributed by atoms with Gasteiger partial charge in [-0.05, 0) is 62.0 Å². The van der Waals surface area contributed by atoms with Crippen LogP contribution in [0.15, 0.2) is 12.1 Å². The molecule has 0 saturated carbocycles. The lowest BCUT2D eigenvalue weighted by atomic mass is 9.99. The lowest BCUT2D eigenvalue weighted by molar-refractivity contribution is -0.135. The normalized spacial score (nSPS) is 25.8. The first kappa shape index (κ1) is 20.6. The maximum Gasteiger partial charge on any atom is 0.230 e. The van der Waals surface area contributed by atoms with Crippen molar-refractivity contribution in [2.45, 2.75) is 37.6 Å². The predicted octanol–water partition coefficient (Wildman–Crippen LogP) is 4.48. The van der Waals surface area contributed by atoms with Crippen molar-refractivity contribution in [2.24, 2.45) is 0 Å². The highest BCUT2D eigenvalue weighted by atomic mass is 35.5. The number of hydrogen-bond acceptors (Lipinski definition) is 3. The second-order valence-electron chi connectivity index (χ2n) is 7.32. The number of carbonyl (C=O) groups excluding carboxylic acids is 1. The first-order chi connectivity index (χ1) is 12.1. The highest BCUT2D eigenvalue weighted by Gasteiger charge is 2.37. The molecule has 7 heteroatoms. The number of aryl methyl sites for hydroxylation is 1. The Labute approximate surface area is 176 Å². The molecule has 26 heavy (non-hydrogen) atoms. The molecule has 2 saturated heterocycles. The first-order valence-electron chi connectivity index (χ1n) is 9.22. The van der Waals surface area contributed by atoms with Gasteiger partial charge in [0, 0.05) is 24.6 Å². The number of amides is 1. The van der Waals surface area contributed by atoms with Crippen LogP contribution in [0.25, 0.3) is 0 Å². The molecule has 0 N–H and O–H groups in total. The number of fused-ring (bicyclic) bond motifs is 1. The molecule has 1 aromatic rings. The van der Waals surface area contributed by atoms with Gasteiger partial charge in [-0.25, -0.2) is 0 Å². The summed E-state index contributed by atoms with van der Waals surface area (Å²) in [7, 11) is 0. The number of carbonyl (C=O) groups is 1. The van der Waals surface area contributed by atoms with E-state index >= 15 is 0 Å². The molecule has 2 heterocycles. The van der Waals surface area contributed by atoms with Crippen LogP contribution in [0.4, 0.5) is 0 Å². The number of benzene rings is 1. The zero-order valence-electron chi connectivity index (χ0n) is 14.8. The van der Waals surface area contributed by atoms with Gasteiger partial charge in [0.1, 0.15) is 0 Å². The van der Waals surface area contributed by atoms with Crippen molar-refractivity contribution in [3.8, 4) is 0 Å². The van der Waals surface area contributed by atoms with E-state index in [4.69, 9.17) is 23.2 Å². The van der Waals surface area contributed by atoms with Crippen LogP contribution in [0.5, 0.6) is 0 Å². The Kier molecular flexibility index (Phi) is 7.06. The van der Waals surface area contributed by atoms with E-state index in [1.54, 1.807) is 0 Å². The number of hydrogen-bond donors (Lipinski definition) is 0. The van der Waals surface area contributed by atoms with Crippen LogP contribution in [-0.4, -0.2) is 59.4 Å². The summed E-state index contributed by atoms with van der Waals surface area (Å²) in [6, 6.07) is 4.21. The fourth-order valence-corrected chi connectivity index (χ4v) is 5.82. The van der Waals surface area contributed by atoms with Gasteiger partial charge >= 0.3 is 0 Å². The molecule has 1 aliphatic carbocycles. The van der Waals surface area contributed by atoms with Crippen molar-refractivity contribution in [1.29, 1.82) is 0 Å². The summed E-state index contributed by atoms with van der Waals surface area (Å²) in [6.07, 6.45) is 4.39. The Morgan fingerprint density at radius 2 is 1.88 bits per heavy atom. The second kappa shape index (κ2) is 8.91. The molecule has 0 bridgehead atoms. The van der Waals surface area contributed by atoms with Gasteiger partial charge in [0.2, 0.25) is 5.91 Å². The molecule has 4 rings (SSSR count). The Balaban J connectivity index is 0.00000196. The van der Waals surface area contributed by atoms with Crippen LogP contribution < -0.4 is 0 Å². The van der Waals surface area contributed by atoms with Crippen molar-refractivity contribution in [2.75, 3.05) is 37.7 Å². The first-order valence-corrected chi connectivity index (χ1v) is 11.1. The number of halogens is 3. The van der Waals surface area contributed by atoms with Crippen molar-refractivity contribution >= 4 is 53.3 Å². The van der Waals surface area contributed by atoms with Gasteiger partial charge in [0.25, 0.3) is 0 Å². The molecular formula is C19H25Cl3N2OS. The van der Waals surface area contributed by atoms with Gasteiger partial charge < -0.3 is 9.80 Å². The molecule has 2 atom stereocenters. The molecule has 3 aliphatic rings. The van der Waals surface area contributed by atoms with E-state index in [0.717, 1.165) is 43.0 Å². The SMILES string of the molecule is Cl.O=C([C@H]1CCc2cc(Cl)c(Cl)cc21)N1CCSC[C@H]1CN1CCCC1. The summed E-state index contributed by atoms with van der Waals surface area (Å²) in [5.74, 6) is 2.35. The summed E-state index contributed by atoms with van der Waals surface area (Å²) >= 11 is 14.4. The van der Waals surface area contributed by atoms with Gasteiger partial charge in [-0.15, -0.1) is 12.4 Å². The number of likely N-dealkylation sites (tertiary alicyclic amines) is 1. The smallest absolute Gasteiger partial charge is 0.230 e. The number of rotatable bonds is 3. The van der Waals surface area contributed by atoms with Gasteiger partial charge in [-0.1, -0.05) is 23.2 Å². The topological polar surface area (TPSA) is 23.6 Å². The lowest BCUT2D eigenvalue weighted by Crippen LogP contribution is -2.52. The van der Waals surface area contributed by atoms with E-state index < -0.39 is 0 Å². The molecule has 0 unspecified atom stereocenters. The van der Waals surface area contributed by atoms with E-state index in [0.29, 0.717) is 22.0 Å². The summed E-state index contributed by atoms with van der Waals surface area (Å²) in [6.45, 7) is 4.27. The molecule has 0 radical (unpaired) electrons. The van der Waals surface area contributed by atoms with Gasteiger partial charge in [-0.2, -0.15) is 11.8 Å². The van der Waals surface area contributed by atoms with E-state index in [2.05, 4.69) is 9.80 Å². The molecule has 1 amide bonds. The average molecular weight is 436 g/mol. The quantitative estimate of drug-likeness (QED) is 0.699. The maximum atomic E-state index is 13.4. The third-order valence-electron chi connectivity index (χ3n) is 5.74. The van der Waals surface area contributed by atoms with E-state index in [9.17, 15) is 4.79 Å². The van der Waals surface area contributed by atoms with Crippen LogP contribution in [-0.2, 0) is 11.2 Å². The molecule has 2 fully saturated rings. The molecule has 0 aromatic heterocycles. The monoisotopic (exact) mass is 434 g/mol. The van der Waals surface area contributed by atoms with Crippen LogP contribution in [0.1, 0.15) is 36.3 Å². The molecule has 144 valence electrons. The maximum absolute atomic E-state index is 13.4. The Morgan fingerprint density at radius 3 is 2.65 bits per heavy atom. The summed E-state index contributed by atoms with van der Waals surface area (Å²) in [5.41, 5.74) is 2.28. The van der Waals surface area contributed by atoms with Crippen LogP contribution in [0, 0.1) is 0 Å². The fourth-order valence-electron chi connectivity index (χ4n) is 4.42. The number of nitrogens with zero attached hydrogens (tertiary/aromatic N) is 2. The van der Waals surface area contributed by atoms with Crippen LogP contribution in [0.2, 0.25) is 10.0 Å². The summed E-state index contributed by atoms with van der Waals surface area (Å²) < 4.78 is 0. The average Bonchev–Trinajstić information content (AvgIpc) is 3.25. The summed E-state index contributed by atoms with van der Waals surface area (Å²) in [4.78, 5) is 18.1. The highest BCUT2D eigenvalue weighted by molar-refractivity contribution is 7.99. The largest absolute Gasteiger partial charge is 0.336 e. The van der Waals surface area contributed by atoms with Crippen molar-refractivity contribution in [3.63, 3.8) is 0 Å². The van der Waals surface area contributed by atoms with Crippen molar-refractivity contribution in [1.82, 2.24) is 9.80 Å². The van der Waals surface area contributed by atoms with Crippen LogP contribution >= 0.6 is 47.4 Å². The van der Waals surface area contributed by atoms with E-state index in [-0.39, 0.29) is 18.3 Å². The Bertz CT molecular complexity index is 666. The molecule has 1 aromatic carbocycles. The fraction of sp³-hybridized carbons (Fsp3) is 0.632. The van der Waals surface area contributed by atoms with Gasteiger partial charge in [0.05, 0.1) is 22.0 Å². The second-order valence-corrected chi connectivity index (χ2v) is 9.29. The lowest BCUT2D eigenvalue weighted by Gasteiger charge is -2.39. The summed E-state index contributed by atoms with van der Waals surface area (Å²) in [5, 5.41) is 1.15. The third-order valence-corrected chi connectivity index (χ3v) is 7.55. The standard InChI is InChI=1S/C19H24Cl2N2OS.ClH/c20-17-9-13-3-4-15(16(13)10-18(17)21)19(24)23-7-8-25-12-14(23)11-22-5-1-2-6-22;/h9-10,14-15H,1-8,11-12H2;1H/t14-,15+;/m1./s1. The Morgan fingerprint density at radius 1 is 1.15 bits per heavy atom. The van der Waals surface area contributed by atoms with Gasteiger partial charge in [-0.3, -0.25) is 4.79 Å². The zero-order chi connectivity index (χ0) is 17.4. The number of thioether (sulfide) groups is 1. The van der Waals surface area contributed by atoms with Gasteiger partial charge in [0.15, 0.2) is 0 Å². The third kappa shape index (κ3) is 4.15. The molecule has 2 aliphatic heterocycles. The van der Waals surface area contributed by atoms with Crippen molar-refractivity contribution in [3.05, 3.63) is 33.3 Å². The van der Waals surface area contributed by atoms with Crippen LogP contribution in [0.3, 0.4) is 0 Å². The zero-order valence-corrected chi connectivity index (χ0v) is 17.9. The minimum Gasteiger partial charge on any atom is -0.336 e. The van der Waals surface area contributed by atoms with E-state index in [1.807, 2.05) is 23.9 Å². The van der Waals surface area contributed by atoms with Crippen molar-refractivity contribution < 1.29 is 4.79 Å².